The third-order valence-electron chi connectivity index (χ3n) is 3.80. The highest BCUT2D eigenvalue weighted by atomic mass is 35.5. The van der Waals surface area contributed by atoms with Gasteiger partial charge in [0.15, 0.2) is 0 Å². The van der Waals surface area contributed by atoms with Crippen LogP contribution in [0.15, 0.2) is 24.3 Å². The molecule has 1 amide bonds. The molecular weight excluding hydrogens is 280 g/mol. The normalized spacial score (nSPS) is 16.6. The zero-order valence-corrected chi connectivity index (χ0v) is 11.3. The van der Waals surface area contributed by atoms with Crippen LogP contribution in [0.2, 0.25) is 5.02 Å². The number of nitrogens with one attached hydrogen (secondary N) is 2. The van der Waals surface area contributed by atoms with Crippen molar-refractivity contribution in [2.75, 3.05) is 0 Å². The van der Waals surface area contributed by atoms with Gasteiger partial charge in [0.25, 0.3) is 5.91 Å². The van der Waals surface area contributed by atoms with Crippen LogP contribution in [0, 0.1) is 0 Å². The number of hydrogen-bond donors (Lipinski definition) is 3. The molecule has 3 rings (SSSR count). The van der Waals surface area contributed by atoms with E-state index >= 15 is 0 Å². The van der Waals surface area contributed by atoms with Gasteiger partial charge in [-0.15, -0.1) is 0 Å². The van der Waals surface area contributed by atoms with Crippen LogP contribution in [0.25, 0.3) is 10.9 Å². The average molecular weight is 293 g/mol. The smallest absolute Gasteiger partial charge is 0.329 e. The molecule has 6 heteroatoms. The summed E-state index contributed by atoms with van der Waals surface area (Å²) in [6.07, 6.45) is 1.76. The molecule has 0 aliphatic heterocycles. The lowest BCUT2D eigenvalue weighted by molar-refractivity contribution is -0.148. The number of benzene rings is 1. The molecule has 0 atom stereocenters. The first kappa shape index (κ1) is 13.0. The molecule has 1 aliphatic carbocycles. The number of hydrogen-bond acceptors (Lipinski definition) is 2. The molecule has 5 nitrogen and oxygen atoms in total. The summed E-state index contributed by atoms with van der Waals surface area (Å²) < 4.78 is 0. The number of fused-ring (bicyclic) bond motifs is 1. The molecule has 2 aromatic rings. The zero-order chi connectivity index (χ0) is 14.3. The van der Waals surface area contributed by atoms with Crippen LogP contribution in [-0.4, -0.2) is 27.5 Å². The Balaban J connectivity index is 1.87. The number of carboxylic acids is 1. The largest absolute Gasteiger partial charge is 0.480 e. The second-order valence-corrected chi connectivity index (χ2v) is 5.55. The van der Waals surface area contributed by atoms with E-state index in [1.165, 1.54) is 0 Å². The quantitative estimate of drug-likeness (QED) is 0.813. The maximum atomic E-state index is 12.2. The number of rotatable bonds is 3. The first-order valence-corrected chi connectivity index (χ1v) is 6.72. The number of carbonyl (C=O) groups is 2. The van der Waals surface area contributed by atoms with Crippen molar-refractivity contribution in [3.05, 3.63) is 35.0 Å². The summed E-state index contributed by atoms with van der Waals surface area (Å²) in [6.45, 7) is 0. The van der Waals surface area contributed by atoms with E-state index in [2.05, 4.69) is 10.3 Å². The van der Waals surface area contributed by atoms with E-state index in [9.17, 15) is 14.7 Å². The number of H-pyrrole nitrogens is 1. The Morgan fingerprint density at radius 1 is 1.30 bits per heavy atom. The van der Waals surface area contributed by atoms with Gasteiger partial charge in [0.1, 0.15) is 11.2 Å². The monoisotopic (exact) mass is 292 g/mol. The first-order chi connectivity index (χ1) is 9.50. The molecule has 0 bridgehead atoms. The minimum absolute atomic E-state index is 0.342. The fourth-order valence-electron chi connectivity index (χ4n) is 2.43. The van der Waals surface area contributed by atoms with Gasteiger partial charge >= 0.3 is 5.97 Å². The van der Waals surface area contributed by atoms with Gasteiger partial charge in [-0.2, -0.15) is 0 Å². The molecular formula is C14H13ClN2O3. The summed E-state index contributed by atoms with van der Waals surface area (Å²) in [5, 5.41) is 13.3. The molecule has 0 radical (unpaired) electrons. The van der Waals surface area contributed by atoms with E-state index in [1.54, 1.807) is 24.3 Å². The van der Waals surface area contributed by atoms with E-state index in [4.69, 9.17) is 11.6 Å². The molecule has 1 aliphatic rings. The van der Waals surface area contributed by atoms with Gasteiger partial charge in [-0.1, -0.05) is 17.7 Å². The second-order valence-electron chi connectivity index (χ2n) is 5.11. The SMILES string of the molecule is O=C(NC1(C(=O)O)CCC1)c1cc2ccc(Cl)cc2[nH]1. The van der Waals surface area contributed by atoms with E-state index in [-0.39, 0.29) is 0 Å². The van der Waals surface area contributed by atoms with E-state index in [0.29, 0.717) is 23.6 Å². The lowest BCUT2D eigenvalue weighted by Gasteiger charge is -2.38. The number of halogens is 1. The molecule has 0 spiro atoms. The van der Waals surface area contributed by atoms with Gasteiger partial charge in [-0.05, 0) is 37.5 Å². The predicted molar refractivity (Wildman–Crippen MR) is 75.0 cm³/mol. The Labute approximate surface area is 119 Å². The molecule has 3 N–H and O–H groups in total. The predicted octanol–water partition coefficient (Wildman–Crippen LogP) is 2.56. The van der Waals surface area contributed by atoms with E-state index in [1.807, 2.05) is 0 Å². The van der Waals surface area contributed by atoms with Gasteiger partial charge in [-0.3, -0.25) is 4.79 Å². The van der Waals surface area contributed by atoms with Crippen LogP contribution in [0.3, 0.4) is 0 Å². The number of aromatic nitrogens is 1. The summed E-state index contributed by atoms with van der Waals surface area (Å²) in [6, 6.07) is 6.96. The van der Waals surface area contributed by atoms with Crippen LogP contribution in [0.5, 0.6) is 0 Å². The highest BCUT2D eigenvalue weighted by molar-refractivity contribution is 6.31. The van der Waals surface area contributed by atoms with Crippen molar-refractivity contribution in [1.82, 2.24) is 10.3 Å². The van der Waals surface area contributed by atoms with Crippen LogP contribution in [0.1, 0.15) is 29.8 Å². The Morgan fingerprint density at radius 2 is 2.05 bits per heavy atom. The number of carboxylic acid groups (broad SMARTS) is 1. The van der Waals surface area contributed by atoms with Crippen LogP contribution in [-0.2, 0) is 4.79 Å². The topological polar surface area (TPSA) is 82.2 Å². The minimum atomic E-state index is -1.11. The number of carbonyl (C=O) groups excluding carboxylic acids is 1. The summed E-state index contributed by atoms with van der Waals surface area (Å²) in [7, 11) is 0. The molecule has 1 aromatic carbocycles. The van der Waals surface area contributed by atoms with Crippen LogP contribution >= 0.6 is 11.6 Å². The van der Waals surface area contributed by atoms with Gasteiger partial charge in [0, 0.05) is 15.9 Å². The molecule has 0 saturated heterocycles. The highest BCUT2D eigenvalue weighted by Gasteiger charge is 2.45. The van der Waals surface area contributed by atoms with Crippen LogP contribution < -0.4 is 5.32 Å². The van der Waals surface area contributed by atoms with Gasteiger partial charge in [0.05, 0.1) is 0 Å². The summed E-state index contributed by atoms with van der Waals surface area (Å²) in [5.41, 5.74) is -0.0121. The molecule has 1 fully saturated rings. The van der Waals surface area contributed by atoms with Crippen molar-refractivity contribution in [3.63, 3.8) is 0 Å². The Morgan fingerprint density at radius 3 is 2.65 bits per heavy atom. The Hall–Kier alpha value is -2.01. The first-order valence-electron chi connectivity index (χ1n) is 6.34. The molecule has 104 valence electrons. The van der Waals surface area contributed by atoms with E-state index in [0.717, 1.165) is 17.3 Å². The van der Waals surface area contributed by atoms with E-state index < -0.39 is 17.4 Å². The van der Waals surface area contributed by atoms with Gasteiger partial charge in [-0.25, -0.2) is 4.79 Å². The molecule has 1 heterocycles. The highest BCUT2D eigenvalue weighted by Crippen LogP contribution is 2.32. The Bertz CT molecular complexity index is 704. The van der Waals surface area contributed by atoms with Crippen molar-refractivity contribution < 1.29 is 14.7 Å². The second kappa shape index (κ2) is 4.52. The standard InChI is InChI=1S/C14H13ClN2O3/c15-9-3-2-8-6-11(16-10(8)7-9)12(18)17-14(13(19)20)4-1-5-14/h2-3,6-7,16H,1,4-5H2,(H,17,18)(H,19,20). The lowest BCUT2D eigenvalue weighted by Crippen LogP contribution is -2.59. The van der Waals surface area contributed by atoms with Crippen molar-refractivity contribution in [1.29, 1.82) is 0 Å². The number of aliphatic carboxylic acids is 1. The summed E-state index contributed by atoms with van der Waals surface area (Å²) in [5.74, 6) is -1.38. The molecule has 1 saturated carbocycles. The summed E-state index contributed by atoms with van der Waals surface area (Å²) >= 11 is 5.89. The molecule has 1 aromatic heterocycles. The van der Waals surface area contributed by atoms with Crippen molar-refractivity contribution >= 4 is 34.4 Å². The minimum Gasteiger partial charge on any atom is -0.480 e. The maximum absolute atomic E-state index is 12.2. The fraction of sp³-hybridized carbons (Fsp3) is 0.286. The van der Waals surface area contributed by atoms with Gasteiger partial charge in [0.2, 0.25) is 0 Å². The van der Waals surface area contributed by atoms with Crippen molar-refractivity contribution in [2.24, 2.45) is 0 Å². The molecule has 20 heavy (non-hydrogen) atoms. The number of amides is 1. The summed E-state index contributed by atoms with van der Waals surface area (Å²) in [4.78, 5) is 26.4. The van der Waals surface area contributed by atoms with Crippen molar-refractivity contribution in [2.45, 2.75) is 24.8 Å². The van der Waals surface area contributed by atoms with Crippen molar-refractivity contribution in [3.8, 4) is 0 Å². The van der Waals surface area contributed by atoms with Crippen LogP contribution in [0.4, 0.5) is 0 Å². The Kier molecular flexibility index (Phi) is 2.94. The number of aromatic amines is 1. The lowest BCUT2D eigenvalue weighted by atomic mass is 9.76. The zero-order valence-electron chi connectivity index (χ0n) is 10.6. The third kappa shape index (κ3) is 2.04. The van der Waals surface area contributed by atoms with Gasteiger partial charge < -0.3 is 15.4 Å². The fourth-order valence-corrected chi connectivity index (χ4v) is 2.60. The maximum Gasteiger partial charge on any atom is 0.329 e. The molecule has 0 unspecified atom stereocenters. The average Bonchev–Trinajstić information content (AvgIpc) is 2.75. The third-order valence-corrected chi connectivity index (χ3v) is 4.03.